The van der Waals surface area contributed by atoms with Crippen molar-refractivity contribution in [2.24, 2.45) is 0 Å². The Morgan fingerprint density at radius 3 is 2.73 bits per heavy atom. The Morgan fingerprint density at radius 2 is 2.06 bits per heavy atom. The number of fused-ring (bicyclic) bond motifs is 1. The molecule has 0 radical (unpaired) electrons. The average molecular weight is 452 g/mol. The van der Waals surface area contributed by atoms with E-state index in [1.54, 1.807) is 12.3 Å². The average Bonchev–Trinajstić information content (AvgIpc) is 3.47. The minimum absolute atomic E-state index is 0.148. The summed E-state index contributed by atoms with van der Waals surface area (Å²) in [6.45, 7) is 0. The van der Waals surface area contributed by atoms with E-state index in [0.717, 1.165) is 27.9 Å². The van der Waals surface area contributed by atoms with E-state index >= 15 is 0 Å². The second-order valence-corrected chi connectivity index (χ2v) is 6.64. The van der Waals surface area contributed by atoms with Crippen LogP contribution < -0.4 is 0 Å². The van der Waals surface area contributed by atoms with Gasteiger partial charge in [0.15, 0.2) is 0 Å². The molecule has 4 rings (SSSR count). The Hall–Kier alpha value is -4.64. The zero-order chi connectivity index (χ0) is 24.0. The van der Waals surface area contributed by atoms with Crippen molar-refractivity contribution < 1.29 is 23.1 Å². The number of carboxylic acid groups (broad SMARTS) is 1. The standard InChI is InChI=1S/C20H14N6.C2HF3O2/c1-2-4-18(15-6-3-5-14(9-15)10-21)26-12-16(11-25-26)19-17-7-8-22-20(17)24-13-23-19;3-2(4,5)1(6)7/h1,3,5-9,11-13,18H,4H2,(H,22,23,24);(H,6,7). The maximum absolute atomic E-state index is 10.6. The third kappa shape index (κ3) is 5.35. The number of nitrogens with one attached hydrogen (secondary N) is 1. The first-order valence-electron chi connectivity index (χ1n) is 9.31. The van der Waals surface area contributed by atoms with Gasteiger partial charge in [0.2, 0.25) is 0 Å². The number of alkyl halides is 3. The molecular weight excluding hydrogens is 437 g/mol. The number of carbonyl (C=O) groups is 1. The fourth-order valence-electron chi connectivity index (χ4n) is 3.02. The van der Waals surface area contributed by atoms with Crippen LogP contribution >= 0.6 is 0 Å². The molecule has 1 aromatic carbocycles. The van der Waals surface area contributed by atoms with Crippen molar-refractivity contribution in [1.82, 2.24) is 24.7 Å². The molecule has 3 heterocycles. The molecule has 0 aliphatic rings. The maximum atomic E-state index is 10.6. The van der Waals surface area contributed by atoms with Gasteiger partial charge in [0, 0.05) is 29.8 Å². The van der Waals surface area contributed by atoms with Crippen LogP contribution in [0.3, 0.4) is 0 Å². The first kappa shape index (κ1) is 23.0. The number of hydrogen-bond donors (Lipinski definition) is 2. The lowest BCUT2D eigenvalue weighted by Crippen LogP contribution is -2.21. The van der Waals surface area contributed by atoms with Crippen LogP contribution in [0.5, 0.6) is 0 Å². The number of benzene rings is 1. The zero-order valence-corrected chi connectivity index (χ0v) is 16.8. The van der Waals surface area contributed by atoms with Crippen LogP contribution in [0.2, 0.25) is 0 Å². The molecule has 0 aliphatic heterocycles. The topological polar surface area (TPSA) is 120 Å². The SMILES string of the molecule is C#CCC(c1cccc(C#N)c1)n1cc(-c2ncnc3[nH]ccc23)cn1.O=C(O)C(F)(F)F. The number of nitriles is 1. The second kappa shape index (κ2) is 9.66. The molecule has 0 saturated heterocycles. The van der Waals surface area contributed by atoms with Crippen molar-refractivity contribution in [2.75, 3.05) is 0 Å². The molecule has 0 saturated carbocycles. The number of aliphatic carboxylic acids is 1. The van der Waals surface area contributed by atoms with E-state index < -0.39 is 12.1 Å². The Kier molecular flexibility index (Phi) is 6.74. The quantitative estimate of drug-likeness (QED) is 0.453. The summed E-state index contributed by atoms with van der Waals surface area (Å²) in [4.78, 5) is 20.6. The van der Waals surface area contributed by atoms with Gasteiger partial charge in [0.1, 0.15) is 12.0 Å². The molecule has 3 aromatic heterocycles. The second-order valence-electron chi connectivity index (χ2n) is 6.64. The van der Waals surface area contributed by atoms with Gasteiger partial charge in [-0.15, -0.1) is 12.3 Å². The predicted molar refractivity (Wildman–Crippen MR) is 112 cm³/mol. The molecule has 0 amide bonds. The first-order valence-corrected chi connectivity index (χ1v) is 9.31. The molecule has 2 N–H and O–H groups in total. The lowest BCUT2D eigenvalue weighted by atomic mass is 10.0. The van der Waals surface area contributed by atoms with E-state index in [1.165, 1.54) is 6.33 Å². The summed E-state index contributed by atoms with van der Waals surface area (Å²) in [5, 5.41) is 21.7. The van der Waals surface area contributed by atoms with E-state index in [4.69, 9.17) is 21.6 Å². The zero-order valence-electron chi connectivity index (χ0n) is 16.8. The normalized spacial score (nSPS) is 11.7. The smallest absolute Gasteiger partial charge is 0.475 e. The molecule has 166 valence electrons. The van der Waals surface area contributed by atoms with Crippen LogP contribution in [-0.4, -0.2) is 42.0 Å². The molecule has 0 fully saturated rings. The third-order valence-electron chi connectivity index (χ3n) is 4.50. The van der Waals surface area contributed by atoms with E-state index in [-0.39, 0.29) is 6.04 Å². The van der Waals surface area contributed by atoms with Gasteiger partial charge in [0.05, 0.1) is 29.6 Å². The minimum atomic E-state index is -5.08. The summed E-state index contributed by atoms with van der Waals surface area (Å²) < 4.78 is 33.6. The highest BCUT2D eigenvalue weighted by Gasteiger charge is 2.38. The minimum Gasteiger partial charge on any atom is -0.475 e. The Labute approximate surface area is 185 Å². The number of H-pyrrole nitrogens is 1. The maximum Gasteiger partial charge on any atom is 0.490 e. The van der Waals surface area contributed by atoms with Gasteiger partial charge in [-0.1, -0.05) is 12.1 Å². The molecular formula is C22H15F3N6O2. The van der Waals surface area contributed by atoms with Gasteiger partial charge in [-0.05, 0) is 23.8 Å². The lowest BCUT2D eigenvalue weighted by molar-refractivity contribution is -0.192. The van der Waals surface area contributed by atoms with Crippen LogP contribution in [0.25, 0.3) is 22.3 Å². The number of nitrogens with zero attached hydrogens (tertiary/aromatic N) is 5. The summed E-state index contributed by atoms with van der Waals surface area (Å²) in [6.07, 6.45) is 8.02. The molecule has 0 aliphatic carbocycles. The van der Waals surface area contributed by atoms with Crippen molar-refractivity contribution in [3.63, 3.8) is 0 Å². The molecule has 33 heavy (non-hydrogen) atoms. The van der Waals surface area contributed by atoms with Crippen molar-refractivity contribution in [2.45, 2.75) is 18.6 Å². The van der Waals surface area contributed by atoms with Gasteiger partial charge in [-0.2, -0.15) is 23.5 Å². The number of hydrogen-bond acceptors (Lipinski definition) is 5. The largest absolute Gasteiger partial charge is 0.490 e. The van der Waals surface area contributed by atoms with Crippen molar-refractivity contribution >= 4 is 17.0 Å². The first-order chi connectivity index (χ1) is 15.7. The lowest BCUT2D eigenvalue weighted by Gasteiger charge is -2.15. The Bertz CT molecular complexity index is 1360. The Balaban J connectivity index is 0.000000383. The van der Waals surface area contributed by atoms with Gasteiger partial charge >= 0.3 is 12.1 Å². The molecule has 0 bridgehead atoms. The molecule has 1 unspecified atom stereocenters. The van der Waals surface area contributed by atoms with Gasteiger partial charge in [0.25, 0.3) is 0 Å². The third-order valence-corrected chi connectivity index (χ3v) is 4.50. The van der Waals surface area contributed by atoms with Crippen molar-refractivity contribution in [1.29, 1.82) is 5.26 Å². The molecule has 4 aromatic rings. The van der Waals surface area contributed by atoms with E-state index in [9.17, 15) is 13.2 Å². The summed E-state index contributed by atoms with van der Waals surface area (Å²) in [6, 6.07) is 11.4. The predicted octanol–water partition coefficient (Wildman–Crippen LogP) is 3.94. The van der Waals surface area contributed by atoms with Crippen LogP contribution in [0.1, 0.15) is 23.6 Å². The van der Waals surface area contributed by atoms with Crippen LogP contribution in [-0.2, 0) is 4.79 Å². The number of aromatic nitrogens is 5. The molecule has 1 atom stereocenters. The fourth-order valence-corrected chi connectivity index (χ4v) is 3.02. The summed E-state index contributed by atoms with van der Waals surface area (Å²) >= 11 is 0. The molecule has 8 nitrogen and oxygen atoms in total. The highest BCUT2D eigenvalue weighted by molar-refractivity contribution is 5.90. The number of rotatable bonds is 4. The monoisotopic (exact) mass is 452 g/mol. The van der Waals surface area contributed by atoms with Gasteiger partial charge < -0.3 is 10.1 Å². The molecule has 0 spiro atoms. The summed E-state index contributed by atoms with van der Waals surface area (Å²) in [7, 11) is 0. The number of terminal acetylenes is 1. The van der Waals surface area contributed by atoms with Gasteiger partial charge in [-0.3, -0.25) is 4.68 Å². The van der Waals surface area contributed by atoms with Crippen molar-refractivity contribution in [3.05, 3.63) is 66.4 Å². The van der Waals surface area contributed by atoms with Crippen LogP contribution in [0.15, 0.2) is 55.2 Å². The van der Waals surface area contributed by atoms with Crippen LogP contribution in [0, 0.1) is 23.7 Å². The number of carboxylic acids is 1. The summed E-state index contributed by atoms with van der Waals surface area (Å²) in [5.41, 5.74) is 4.03. The van der Waals surface area contributed by atoms with Crippen molar-refractivity contribution in [3.8, 4) is 29.7 Å². The molecule has 11 heteroatoms. The Morgan fingerprint density at radius 1 is 1.30 bits per heavy atom. The summed E-state index contributed by atoms with van der Waals surface area (Å²) in [5.74, 6) is -0.0545. The highest BCUT2D eigenvalue weighted by atomic mass is 19.4. The van der Waals surface area contributed by atoms with Crippen LogP contribution in [0.4, 0.5) is 13.2 Å². The van der Waals surface area contributed by atoms with E-state index in [0.29, 0.717) is 12.0 Å². The van der Waals surface area contributed by atoms with E-state index in [1.807, 2.05) is 41.3 Å². The highest BCUT2D eigenvalue weighted by Crippen LogP contribution is 2.28. The number of halogens is 3. The van der Waals surface area contributed by atoms with Gasteiger partial charge in [-0.25, -0.2) is 14.8 Å². The van der Waals surface area contributed by atoms with E-state index in [2.05, 4.69) is 32.0 Å². The fraction of sp³-hybridized carbons (Fsp3) is 0.136. The number of aromatic amines is 1.